The Morgan fingerprint density at radius 1 is 1.31 bits per heavy atom. The van der Waals surface area contributed by atoms with Gasteiger partial charge in [0.2, 0.25) is 5.91 Å². The van der Waals surface area contributed by atoms with E-state index < -0.39 is 0 Å². The van der Waals surface area contributed by atoms with Crippen molar-refractivity contribution >= 4 is 47.2 Å². The Morgan fingerprint density at radius 2 is 2.14 bits per heavy atom. The molecule has 0 atom stereocenters. The Bertz CT molecular complexity index is 1040. The van der Waals surface area contributed by atoms with Crippen molar-refractivity contribution in [3.8, 4) is 0 Å². The number of pyridine rings is 1. The Morgan fingerprint density at radius 3 is 2.83 bits per heavy atom. The highest BCUT2D eigenvalue weighted by molar-refractivity contribution is 14.0. The van der Waals surface area contributed by atoms with Crippen LogP contribution in [0.25, 0.3) is 5.65 Å². The smallest absolute Gasteiger partial charge is 0.246 e. The van der Waals surface area contributed by atoms with Gasteiger partial charge in [0.25, 0.3) is 0 Å². The molecule has 0 radical (unpaired) electrons. The van der Waals surface area contributed by atoms with Crippen LogP contribution >= 0.6 is 24.0 Å². The molecule has 0 aromatic carbocycles. The predicted octanol–water partition coefficient (Wildman–Crippen LogP) is 1.42. The van der Waals surface area contributed by atoms with Crippen molar-refractivity contribution in [1.29, 1.82) is 0 Å². The number of halogens is 1. The zero-order chi connectivity index (χ0) is 19.7. The quantitative estimate of drug-likeness (QED) is 0.329. The third-order valence-corrected chi connectivity index (χ3v) is 4.83. The molecule has 1 N–H and O–H groups in total. The number of rotatable bonds is 3. The number of guanidine groups is 1. The van der Waals surface area contributed by atoms with E-state index in [1.54, 1.807) is 22.8 Å². The minimum Gasteiger partial charge on any atom is -0.351 e. The fourth-order valence-electron chi connectivity index (χ4n) is 3.40. The van der Waals surface area contributed by atoms with Crippen LogP contribution in [0.5, 0.6) is 0 Å². The molecule has 0 bridgehead atoms. The van der Waals surface area contributed by atoms with Gasteiger partial charge < -0.3 is 19.5 Å². The van der Waals surface area contributed by atoms with Crippen molar-refractivity contribution < 1.29 is 4.79 Å². The van der Waals surface area contributed by atoms with Crippen LogP contribution in [0.2, 0.25) is 0 Å². The lowest BCUT2D eigenvalue weighted by molar-refractivity contribution is -0.120. The van der Waals surface area contributed by atoms with Crippen molar-refractivity contribution in [2.24, 2.45) is 12.0 Å². The molecule has 1 aliphatic rings. The lowest BCUT2D eigenvalue weighted by Crippen LogP contribution is -2.55. The van der Waals surface area contributed by atoms with Gasteiger partial charge in [0, 0.05) is 45.8 Å². The molecular formula is C19H25IN8O. The second kappa shape index (κ2) is 8.80. The number of aliphatic imine (C=N–C) groups is 1. The number of fused-ring (bicyclic) bond motifs is 1. The molecule has 9 nitrogen and oxygen atoms in total. The maximum atomic E-state index is 12.6. The second-order valence-electron chi connectivity index (χ2n) is 6.94. The third kappa shape index (κ3) is 4.52. The topological polar surface area (TPSA) is 83.1 Å². The SMILES string of the molecule is CN=C(NCc1cn2ccc(C)cc2n1)N1CCN(c2cnn(C)c2)C(=O)C1.I. The highest BCUT2D eigenvalue weighted by atomic mass is 127. The van der Waals surface area contributed by atoms with E-state index >= 15 is 0 Å². The molecule has 0 aliphatic carbocycles. The van der Waals surface area contributed by atoms with Gasteiger partial charge in [0.1, 0.15) is 12.2 Å². The van der Waals surface area contributed by atoms with Crippen LogP contribution in [0.1, 0.15) is 11.3 Å². The summed E-state index contributed by atoms with van der Waals surface area (Å²) >= 11 is 0. The summed E-state index contributed by atoms with van der Waals surface area (Å²) in [6.07, 6.45) is 7.57. The first-order chi connectivity index (χ1) is 13.5. The van der Waals surface area contributed by atoms with E-state index in [0.29, 0.717) is 25.6 Å². The van der Waals surface area contributed by atoms with Gasteiger partial charge in [-0.1, -0.05) is 0 Å². The van der Waals surface area contributed by atoms with Gasteiger partial charge in [-0.3, -0.25) is 14.5 Å². The number of hydrogen-bond acceptors (Lipinski definition) is 4. The highest BCUT2D eigenvalue weighted by Gasteiger charge is 2.27. The van der Waals surface area contributed by atoms with Crippen LogP contribution in [-0.4, -0.2) is 62.6 Å². The number of nitrogens with zero attached hydrogens (tertiary/aromatic N) is 7. The van der Waals surface area contributed by atoms with Crippen LogP contribution in [0.4, 0.5) is 5.69 Å². The fraction of sp³-hybridized carbons (Fsp3) is 0.368. The number of aromatic nitrogens is 4. The van der Waals surface area contributed by atoms with E-state index in [2.05, 4.69) is 39.4 Å². The van der Waals surface area contributed by atoms with Crippen LogP contribution in [-0.2, 0) is 18.4 Å². The number of imidazole rings is 1. The minimum atomic E-state index is 0. The molecule has 0 saturated carbocycles. The van der Waals surface area contributed by atoms with Crippen LogP contribution in [0, 0.1) is 6.92 Å². The Kier molecular flexibility index (Phi) is 6.40. The van der Waals surface area contributed by atoms with E-state index in [4.69, 9.17) is 0 Å². The zero-order valence-corrected chi connectivity index (χ0v) is 19.1. The van der Waals surface area contributed by atoms with Crippen LogP contribution in [0.15, 0.2) is 41.9 Å². The highest BCUT2D eigenvalue weighted by Crippen LogP contribution is 2.16. The van der Waals surface area contributed by atoms with Gasteiger partial charge in [-0.25, -0.2) is 4.98 Å². The van der Waals surface area contributed by atoms with Gasteiger partial charge in [-0.2, -0.15) is 5.10 Å². The average Bonchev–Trinajstić information content (AvgIpc) is 3.27. The average molecular weight is 508 g/mol. The first kappa shape index (κ1) is 21.1. The largest absolute Gasteiger partial charge is 0.351 e. The van der Waals surface area contributed by atoms with Crippen LogP contribution in [0.3, 0.4) is 0 Å². The third-order valence-electron chi connectivity index (χ3n) is 4.83. The van der Waals surface area contributed by atoms with E-state index in [1.165, 1.54) is 5.56 Å². The summed E-state index contributed by atoms with van der Waals surface area (Å²) in [6.45, 7) is 4.17. The number of aryl methyl sites for hydroxylation is 2. The number of carbonyl (C=O) groups is 1. The number of piperazine rings is 1. The van der Waals surface area contributed by atoms with E-state index in [0.717, 1.165) is 17.0 Å². The van der Waals surface area contributed by atoms with Gasteiger partial charge in [-0.05, 0) is 24.6 Å². The molecular weight excluding hydrogens is 483 g/mol. The number of amides is 1. The Labute approximate surface area is 186 Å². The molecule has 1 amide bonds. The summed E-state index contributed by atoms with van der Waals surface area (Å²) in [5, 5.41) is 7.47. The van der Waals surface area contributed by atoms with Crippen molar-refractivity contribution in [2.45, 2.75) is 13.5 Å². The van der Waals surface area contributed by atoms with Gasteiger partial charge >= 0.3 is 0 Å². The number of hydrogen-bond donors (Lipinski definition) is 1. The zero-order valence-electron chi connectivity index (χ0n) is 16.7. The molecule has 3 aromatic rings. The molecule has 0 spiro atoms. The van der Waals surface area contributed by atoms with E-state index in [-0.39, 0.29) is 36.4 Å². The molecule has 29 heavy (non-hydrogen) atoms. The summed E-state index contributed by atoms with van der Waals surface area (Å²) in [7, 11) is 3.57. The lowest BCUT2D eigenvalue weighted by atomic mass is 10.3. The second-order valence-corrected chi connectivity index (χ2v) is 6.94. The Balaban J connectivity index is 0.00000240. The van der Waals surface area contributed by atoms with Gasteiger partial charge in [-0.15, -0.1) is 24.0 Å². The molecule has 1 fully saturated rings. The summed E-state index contributed by atoms with van der Waals surface area (Å²) in [5.41, 5.74) is 3.85. The molecule has 4 heterocycles. The molecule has 1 saturated heterocycles. The van der Waals surface area contributed by atoms with Crippen molar-refractivity contribution in [3.05, 3.63) is 48.2 Å². The normalized spacial score (nSPS) is 15.0. The number of carbonyl (C=O) groups excluding carboxylic acids is 1. The first-order valence-electron chi connectivity index (χ1n) is 9.22. The van der Waals surface area contributed by atoms with Gasteiger partial charge in [0.15, 0.2) is 5.96 Å². The van der Waals surface area contributed by atoms with Crippen molar-refractivity contribution in [1.82, 2.24) is 29.4 Å². The molecule has 3 aromatic heterocycles. The maximum absolute atomic E-state index is 12.6. The molecule has 10 heteroatoms. The number of nitrogens with one attached hydrogen (secondary N) is 1. The number of anilines is 1. The summed E-state index contributed by atoms with van der Waals surface area (Å²) in [4.78, 5) is 25.3. The molecule has 154 valence electrons. The van der Waals surface area contributed by atoms with Crippen molar-refractivity contribution in [3.63, 3.8) is 0 Å². The summed E-state index contributed by atoms with van der Waals surface area (Å²) in [5.74, 6) is 0.734. The lowest BCUT2D eigenvalue weighted by Gasteiger charge is -2.35. The standard InChI is InChI=1S/C19H24N8O.HI/c1-14-4-5-25-11-15(23-17(25)8-14)9-21-19(20-2)26-6-7-27(18(28)13-26)16-10-22-24(3)12-16;/h4-5,8,10-12H,6-7,9,13H2,1-3H3,(H,20,21);1H. The Hall–Kier alpha value is -2.63. The van der Waals surface area contributed by atoms with Crippen LogP contribution < -0.4 is 10.2 Å². The summed E-state index contributed by atoms with van der Waals surface area (Å²) in [6, 6.07) is 4.10. The minimum absolute atomic E-state index is 0. The first-order valence-corrected chi connectivity index (χ1v) is 9.22. The fourth-order valence-corrected chi connectivity index (χ4v) is 3.40. The maximum Gasteiger partial charge on any atom is 0.246 e. The van der Waals surface area contributed by atoms with E-state index in [1.807, 2.05) is 34.9 Å². The molecule has 1 aliphatic heterocycles. The monoisotopic (exact) mass is 508 g/mol. The molecule has 4 rings (SSSR count). The van der Waals surface area contributed by atoms with E-state index in [9.17, 15) is 4.79 Å². The van der Waals surface area contributed by atoms with Crippen molar-refractivity contribution in [2.75, 3.05) is 31.6 Å². The summed E-state index contributed by atoms with van der Waals surface area (Å²) < 4.78 is 3.70. The predicted molar refractivity (Wildman–Crippen MR) is 123 cm³/mol. The molecule has 0 unspecified atom stereocenters. The van der Waals surface area contributed by atoms with Gasteiger partial charge in [0.05, 0.1) is 24.1 Å².